The average molecular weight is 260 g/mol. The summed E-state index contributed by atoms with van der Waals surface area (Å²) in [4.78, 5) is 23.5. The van der Waals surface area contributed by atoms with E-state index in [4.69, 9.17) is 17.3 Å². The Labute approximate surface area is 109 Å². The van der Waals surface area contributed by atoms with E-state index in [2.05, 4.69) is 0 Å². The van der Waals surface area contributed by atoms with Gasteiger partial charge in [0.15, 0.2) is 11.6 Å². The molecule has 0 spiro atoms. The Morgan fingerprint density at radius 2 is 1.61 bits per heavy atom. The highest BCUT2D eigenvalue weighted by Gasteiger charge is 2.36. The Balaban J connectivity index is 2.25. The van der Waals surface area contributed by atoms with Gasteiger partial charge < -0.3 is 5.73 Å². The van der Waals surface area contributed by atoms with Crippen LogP contribution in [-0.4, -0.2) is 16.6 Å². The highest BCUT2D eigenvalue weighted by molar-refractivity contribution is 6.33. The highest BCUT2D eigenvalue weighted by atomic mass is 35.5. The lowest BCUT2D eigenvalue weighted by Gasteiger charge is -2.27. The van der Waals surface area contributed by atoms with Gasteiger partial charge in [-0.05, 0) is 6.08 Å². The van der Waals surface area contributed by atoms with Crippen molar-refractivity contribution in [1.29, 1.82) is 0 Å². The van der Waals surface area contributed by atoms with Crippen LogP contribution < -0.4 is 5.73 Å². The van der Waals surface area contributed by atoms with E-state index >= 15 is 0 Å². The van der Waals surface area contributed by atoms with Gasteiger partial charge in [-0.15, -0.1) is 0 Å². The molecule has 1 aromatic rings. The third-order valence-corrected chi connectivity index (χ3v) is 3.46. The molecule has 0 saturated heterocycles. The number of Topliss-reactive ketones (excluding diaryl/α,β-unsaturated/α-hetero) is 2. The van der Waals surface area contributed by atoms with Crippen LogP contribution in [0.3, 0.4) is 0 Å². The van der Waals surface area contributed by atoms with Crippen molar-refractivity contribution < 1.29 is 9.59 Å². The number of allylic oxidation sites excluding steroid dienone is 2. The third kappa shape index (κ3) is 1.55. The number of halogens is 1. The number of carbonyl (C=O) groups excluding carboxylic acids is 2. The molecular formula is C14H10ClNO2. The largest absolute Gasteiger partial charge is 0.309 e. The SMILES string of the molecule is NC1(Cl)C=C2C(=O)c3ccccc3C(=O)C2=CC1. The maximum atomic E-state index is 12.3. The van der Waals surface area contributed by atoms with E-state index in [0.717, 1.165) is 0 Å². The van der Waals surface area contributed by atoms with E-state index < -0.39 is 5.00 Å². The second-order valence-electron chi connectivity index (χ2n) is 4.51. The summed E-state index contributed by atoms with van der Waals surface area (Å²) in [6, 6.07) is 6.79. The van der Waals surface area contributed by atoms with Gasteiger partial charge in [0.2, 0.25) is 0 Å². The van der Waals surface area contributed by atoms with Crippen molar-refractivity contribution in [3.05, 3.63) is 58.7 Å². The van der Waals surface area contributed by atoms with Crippen molar-refractivity contribution >= 4 is 23.2 Å². The predicted octanol–water partition coefficient (Wildman–Crippen LogP) is 2.22. The van der Waals surface area contributed by atoms with Crippen molar-refractivity contribution in [3.8, 4) is 0 Å². The summed E-state index contributed by atoms with van der Waals surface area (Å²) in [7, 11) is 0. The second-order valence-corrected chi connectivity index (χ2v) is 5.21. The molecule has 0 amide bonds. The highest BCUT2D eigenvalue weighted by Crippen LogP contribution is 2.35. The first-order valence-corrected chi connectivity index (χ1v) is 5.97. The third-order valence-electron chi connectivity index (χ3n) is 3.20. The zero-order chi connectivity index (χ0) is 12.9. The van der Waals surface area contributed by atoms with Crippen molar-refractivity contribution in [2.45, 2.75) is 11.4 Å². The summed E-state index contributed by atoms with van der Waals surface area (Å²) in [6.45, 7) is 0. The van der Waals surface area contributed by atoms with Crippen LogP contribution in [0.1, 0.15) is 27.1 Å². The summed E-state index contributed by atoms with van der Waals surface area (Å²) >= 11 is 6.03. The van der Waals surface area contributed by atoms with Crippen molar-refractivity contribution in [1.82, 2.24) is 0 Å². The van der Waals surface area contributed by atoms with Crippen LogP contribution in [0, 0.1) is 0 Å². The van der Waals surface area contributed by atoms with Gasteiger partial charge in [0.1, 0.15) is 5.00 Å². The fourth-order valence-corrected chi connectivity index (χ4v) is 2.50. The molecule has 90 valence electrons. The summed E-state index contributed by atoms with van der Waals surface area (Å²) < 4.78 is 0. The molecule has 2 aliphatic carbocycles. The van der Waals surface area contributed by atoms with Gasteiger partial charge in [0.05, 0.1) is 0 Å². The number of fused-ring (bicyclic) bond motifs is 2. The minimum atomic E-state index is -1.08. The molecule has 2 N–H and O–H groups in total. The molecular weight excluding hydrogens is 250 g/mol. The first kappa shape index (κ1) is 11.4. The van der Waals surface area contributed by atoms with E-state index in [9.17, 15) is 9.59 Å². The van der Waals surface area contributed by atoms with Gasteiger partial charge in [-0.3, -0.25) is 9.59 Å². The molecule has 0 bridgehead atoms. The van der Waals surface area contributed by atoms with Crippen LogP contribution in [-0.2, 0) is 0 Å². The van der Waals surface area contributed by atoms with Crippen LogP contribution in [0.4, 0.5) is 0 Å². The Hall–Kier alpha value is -1.71. The number of rotatable bonds is 0. The first-order chi connectivity index (χ1) is 8.49. The fourth-order valence-electron chi connectivity index (χ4n) is 2.32. The van der Waals surface area contributed by atoms with Crippen LogP contribution in [0.25, 0.3) is 0 Å². The zero-order valence-corrected chi connectivity index (χ0v) is 10.2. The van der Waals surface area contributed by atoms with E-state index in [1.54, 1.807) is 30.3 Å². The van der Waals surface area contributed by atoms with Crippen LogP contribution >= 0.6 is 11.6 Å². The number of benzene rings is 1. The smallest absolute Gasteiger partial charge is 0.194 e. The molecule has 3 rings (SSSR count). The zero-order valence-electron chi connectivity index (χ0n) is 9.44. The Morgan fingerprint density at radius 1 is 1.06 bits per heavy atom. The Bertz CT molecular complexity index is 641. The van der Waals surface area contributed by atoms with Crippen molar-refractivity contribution in [3.63, 3.8) is 0 Å². The van der Waals surface area contributed by atoms with Gasteiger partial charge in [-0.25, -0.2) is 0 Å². The molecule has 4 heteroatoms. The Morgan fingerprint density at radius 3 is 2.22 bits per heavy atom. The van der Waals surface area contributed by atoms with Crippen LogP contribution in [0.15, 0.2) is 47.6 Å². The molecule has 2 aliphatic rings. The summed E-state index contributed by atoms with van der Waals surface area (Å²) in [5, 5.41) is 0. The first-order valence-electron chi connectivity index (χ1n) is 5.59. The molecule has 0 radical (unpaired) electrons. The average Bonchev–Trinajstić information content (AvgIpc) is 2.35. The molecule has 0 aromatic heterocycles. The normalized spacial score (nSPS) is 26.1. The molecule has 0 saturated carbocycles. The number of carbonyl (C=O) groups is 2. The van der Waals surface area contributed by atoms with Gasteiger partial charge in [0.25, 0.3) is 0 Å². The standard InChI is InChI=1S/C14H10ClNO2/c15-14(16)6-5-10-11(7-14)13(18)9-4-2-1-3-8(9)12(10)17/h1-5,7H,6,16H2. The molecule has 1 unspecified atom stereocenters. The number of alkyl halides is 1. The van der Waals surface area contributed by atoms with E-state index in [-0.39, 0.29) is 11.6 Å². The van der Waals surface area contributed by atoms with Crippen LogP contribution in [0.2, 0.25) is 0 Å². The molecule has 0 heterocycles. The van der Waals surface area contributed by atoms with Gasteiger partial charge >= 0.3 is 0 Å². The fraction of sp³-hybridized carbons (Fsp3) is 0.143. The van der Waals surface area contributed by atoms with Gasteiger partial charge in [-0.1, -0.05) is 41.9 Å². The predicted molar refractivity (Wildman–Crippen MR) is 68.7 cm³/mol. The minimum absolute atomic E-state index is 0.136. The quantitative estimate of drug-likeness (QED) is 0.574. The summed E-state index contributed by atoms with van der Waals surface area (Å²) in [6.07, 6.45) is 3.48. The van der Waals surface area contributed by atoms with E-state index in [1.165, 1.54) is 6.08 Å². The molecule has 1 aromatic carbocycles. The monoisotopic (exact) mass is 259 g/mol. The molecule has 0 aliphatic heterocycles. The van der Waals surface area contributed by atoms with Crippen molar-refractivity contribution in [2.24, 2.45) is 5.73 Å². The van der Waals surface area contributed by atoms with E-state index in [0.29, 0.717) is 28.7 Å². The van der Waals surface area contributed by atoms with Gasteiger partial charge in [0, 0.05) is 28.7 Å². The van der Waals surface area contributed by atoms with Crippen molar-refractivity contribution in [2.75, 3.05) is 0 Å². The van der Waals surface area contributed by atoms with Gasteiger partial charge in [-0.2, -0.15) is 0 Å². The number of ketones is 2. The van der Waals surface area contributed by atoms with E-state index in [1.807, 2.05) is 0 Å². The minimum Gasteiger partial charge on any atom is -0.309 e. The number of nitrogens with two attached hydrogens (primary N) is 1. The topological polar surface area (TPSA) is 60.2 Å². The number of hydrogen-bond donors (Lipinski definition) is 1. The maximum absolute atomic E-state index is 12.3. The summed E-state index contributed by atoms with van der Waals surface area (Å²) in [5.74, 6) is -0.324. The lowest BCUT2D eigenvalue weighted by molar-refractivity contribution is 0.0971. The summed E-state index contributed by atoms with van der Waals surface area (Å²) in [5.41, 5.74) is 7.40. The van der Waals surface area contributed by atoms with Crippen LogP contribution in [0.5, 0.6) is 0 Å². The molecule has 0 fully saturated rings. The second kappa shape index (κ2) is 3.64. The molecule has 3 nitrogen and oxygen atoms in total. The maximum Gasteiger partial charge on any atom is 0.194 e. The lowest BCUT2D eigenvalue weighted by Crippen LogP contribution is -2.36. The Kier molecular flexibility index (Phi) is 2.30. The number of hydrogen-bond acceptors (Lipinski definition) is 3. The molecule has 1 atom stereocenters. The molecule has 18 heavy (non-hydrogen) atoms. The lowest BCUT2D eigenvalue weighted by atomic mass is 9.78.